The first-order chi connectivity index (χ1) is 6.81. The van der Waals surface area contributed by atoms with E-state index in [1.165, 1.54) is 0 Å². The van der Waals surface area contributed by atoms with E-state index in [1.54, 1.807) is 7.11 Å². The van der Waals surface area contributed by atoms with Gasteiger partial charge >= 0.3 is 0 Å². The smallest absolute Gasteiger partial charge is 0.0897 e. The summed E-state index contributed by atoms with van der Waals surface area (Å²) in [7, 11) is 1.66. The van der Waals surface area contributed by atoms with Crippen molar-refractivity contribution in [3.05, 3.63) is 0 Å². The van der Waals surface area contributed by atoms with Crippen molar-refractivity contribution in [2.24, 2.45) is 0 Å². The molecule has 4 nitrogen and oxygen atoms in total. The molecule has 0 aliphatic heterocycles. The van der Waals surface area contributed by atoms with Gasteiger partial charge in [-0.25, -0.2) is 0 Å². The van der Waals surface area contributed by atoms with Gasteiger partial charge < -0.3 is 19.9 Å². The summed E-state index contributed by atoms with van der Waals surface area (Å²) in [6.45, 7) is 5.28. The zero-order valence-electron chi connectivity index (χ0n) is 9.29. The average Bonchev–Trinajstić information content (AvgIpc) is 2.19. The lowest BCUT2D eigenvalue weighted by Gasteiger charge is -2.11. The average molecular weight is 205 g/mol. The minimum atomic E-state index is -0.413. The number of methoxy groups -OCH3 is 1. The predicted octanol–water partition coefficient (Wildman–Crippen LogP) is 0.400. The third-order valence-electron chi connectivity index (χ3n) is 1.82. The van der Waals surface area contributed by atoms with Crippen LogP contribution in [0.1, 0.15) is 19.8 Å². The van der Waals surface area contributed by atoms with Crippen LogP contribution < -0.4 is 5.32 Å². The van der Waals surface area contributed by atoms with Crippen molar-refractivity contribution in [1.82, 2.24) is 5.32 Å². The van der Waals surface area contributed by atoms with E-state index >= 15 is 0 Å². The molecular weight excluding hydrogens is 182 g/mol. The Morgan fingerprint density at radius 2 is 2.14 bits per heavy atom. The second-order valence-electron chi connectivity index (χ2n) is 3.28. The van der Waals surface area contributed by atoms with Crippen molar-refractivity contribution in [3.8, 4) is 0 Å². The van der Waals surface area contributed by atoms with Crippen LogP contribution in [0.2, 0.25) is 0 Å². The number of rotatable bonds is 10. The van der Waals surface area contributed by atoms with E-state index in [2.05, 4.69) is 12.2 Å². The maximum atomic E-state index is 9.42. The highest BCUT2D eigenvalue weighted by atomic mass is 16.5. The van der Waals surface area contributed by atoms with Gasteiger partial charge in [0.2, 0.25) is 0 Å². The van der Waals surface area contributed by atoms with Crippen molar-refractivity contribution in [3.63, 3.8) is 0 Å². The highest BCUT2D eigenvalue weighted by Crippen LogP contribution is 1.90. The molecule has 4 heteroatoms. The Bertz CT molecular complexity index is 99.5. The van der Waals surface area contributed by atoms with Gasteiger partial charge in [-0.2, -0.15) is 0 Å². The number of unbranched alkanes of at least 4 members (excludes halogenated alkanes) is 1. The Hall–Kier alpha value is -0.160. The molecule has 0 aliphatic carbocycles. The predicted molar refractivity (Wildman–Crippen MR) is 56.5 cm³/mol. The fourth-order valence-electron chi connectivity index (χ4n) is 0.968. The third kappa shape index (κ3) is 9.92. The molecule has 0 aromatic rings. The van der Waals surface area contributed by atoms with Crippen LogP contribution in [0.15, 0.2) is 0 Å². The van der Waals surface area contributed by atoms with Crippen LogP contribution in [-0.2, 0) is 9.47 Å². The summed E-state index contributed by atoms with van der Waals surface area (Å²) < 4.78 is 10.1. The van der Waals surface area contributed by atoms with E-state index in [0.29, 0.717) is 19.8 Å². The maximum Gasteiger partial charge on any atom is 0.0897 e. The topological polar surface area (TPSA) is 50.7 Å². The molecule has 0 heterocycles. The first-order valence-electron chi connectivity index (χ1n) is 5.26. The van der Waals surface area contributed by atoms with Crippen molar-refractivity contribution < 1.29 is 14.6 Å². The highest BCUT2D eigenvalue weighted by Gasteiger charge is 2.02. The van der Waals surface area contributed by atoms with E-state index < -0.39 is 6.10 Å². The molecule has 0 aromatic carbocycles. The van der Waals surface area contributed by atoms with Crippen LogP contribution in [0.25, 0.3) is 0 Å². The Morgan fingerprint density at radius 3 is 2.79 bits per heavy atom. The van der Waals surface area contributed by atoms with Gasteiger partial charge in [0.1, 0.15) is 0 Å². The molecule has 0 saturated carbocycles. The SMILES string of the molecule is CCCCOCC(O)CNCCOC. The summed E-state index contributed by atoms with van der Waals surface area (Å²) >= 11 is 0. The van der Waals surface area contributed by atoms with Crippen molar-refractivity contribution in [2.45, 2.75) is 25.9 Å². The number of hydrogen-bond donors (Lipinski definition) is 2. The molecule has 0 aliphatic rings. The fraction of sp³-hybridized carbons (Fsp3) is 1.00. The monoisotopic (exact) mass is 205 g/mol. The van der Waals surface area contributed by atoms with Gasteiger partial charge in [0.25, 0.3) is 0 Å². The van der Waals surface area contributed by atoms with Crippen LogP contribution in [0, 0.1) is 0 Å². The Labute approximate surface area is 86.6 Å². The maximum absolute atomic E-state index is 9.42. The summed E-state index contributed by atoms with van der Waals surface area (Å²) in [5.41, 5.74) is 0. The molecule has 0 spiro atoms. The molecule has 0 rings (SSSR count). The highest BCUT2D eigenvalue weighted by molar-refractivity contribution is 4.57. The quantitative estimate of drug-likeness (QED) is 0.507. The molecule has 0 aromatic heterocycles. The van der Waals surface area contributed by atoms with Crippen molar-refractivity contribution in [1.29, 1.82) is 0 Å². The van der Waals surface area contributed by atoms with Crippen LogP contribution >= 0.6 is 0 Å². The van der Waals surface area contributed by atoms with Gasteiger partial charge in [0.15, 0.2) is 0 Å². The number of ether oxygens (including phenoxy) is 2. The molecule has 0 bridgehead atoms. The van der Waals surface area contributed by atoms with Crippen molar-refractivity contribution >= 4 is 0 Å². The lowest BCUT2D eigenvalue weighted by molar-refractivity contribution is 0.0352. The lowest BCUT2D eigenvalue weighted by atomic mass is 10.3. The first-order valence-corrected chi connectivity index (χ1v) is 5.26. The van der Waals surface area contributed by atoms with Crippen molar-refractivity contribution in [2.75, 3.05) is 40.0 Å². The van der Waals surface area contributed by atoms with E-state index in [9.17, 15) is 5.11 Å². The molecular formula is C10H23NO3. The summed E-state index contributed by atoms with van der Waals surface area (Å²) in [4.78, 5) is 0. The Kier molecular flexibility index (Phi) is 10.8. The number of aliphatic hydroxyl groups excluding tert-OH is 1. The van der Waals surface area contributed by atoms with Gasteiger partial charge in [-0.1, -0.05) is 13.3 Å². The first kappa shape index (κ1) is 13.8. The molecule has 14 heavy (non-hydrogen) atoms. The molecule has 2 N–H and O–H groups in total. The van der Waals surface area contributed by atoms with E-state index in [0.717, 1.165) is 26.0 Å². The normalized spacial score (nSPS) is 13.1. The van der Waals surface area contributed by atoms with Gasteiger partial charge in [-0.3, -0.25) is 0 Å². The van der Waals surface area contributed by atoms with Gasteiger partial charge in [-0.15, -0.1) is 0 Å². The summed E-state index contributed by atoms with van der Waals surface area (Å²) in [6.07, 6.45) is 1.77. The second kappa shape index (κ2) is 10.9. The minimum absolute atomic E-state index is 0.413. The zero-order chi connectivity index (χ0) is 10.6. The van der Waals surface area contributed by atoms with Gasteiger partial charge in [0.05, 0.1) is 19.3 Å². The molecule has 0 amide bonds. The van der Waals surface area contributed by atoms with Crippen LogP contribution in [0.4, 0.5) is 0 Å². The Morgan fingerprint density at radius 1 is 1.36 bits per heavy atom. The molecule has 1 atom stereocenters. The fourth-order valence-corrected chi connectivity index (χ4v) is 0.968. The van der Waals surface area contributed by atoms with Crippen LogP contribution in [0.5, 0.6) is 0 Å². The number of hydrogen-bond acceptors (Lipinski definition) is 4. The summed E-state index contributed by atoms with van der Waals surface area (Å²) in [5.74, 6) is 0. The van der Waals surface area contributed by atoms with Crippen LogP contribution in [0.3, 0.4) is 0 Å². The lowest BCUT2D eigenvalue weighted by Crippen LogP contribution is -2.32. The second-order valence-corrected chi connectivity index (χ2v) is 3.28. The zero-order valence-corrected chi connectivity index (χ0v) is 9.29. The molecule has 0 radical (unpaired) electrons. The summed E-state index contributed by atoms with van der Waals surface area (Å²) in [5, 5.41) is 12.5. The molecule has 1 unspecified atom stereocenters. The van der Waals surface area contributed by atoms with E-state index in [4.69, 9.17) is 9.47 Å². The number of nitrogens with one attached hydrogen (secondary N) is 1. The molecule has 0 fully saturated rings. The standard InChI is InChI=1S/C10H23NO3/c1-3-4-6-14-9-10(12)8-11-5-7-13-2/h10-12H,3-9H2,1-2H3. The third-order valence-corrected chi connectivity index (χ3v) is 1.82. The number of aliphatic hydroxyl groups is 1. The van der Waals surface area contributed by atoms with E-state index in [1.807, 2.05) is 0 Å². The Balaban J connectivity index is 3.07. The van der Waals surface area contributed by atoms with Gasteiger partial charge in [0, 0.05) is 26.8 Å². The largest absolute Gasteiger partial charge is 0.389 e. The van der Waals surface area contributed by atoms with E-state index in [-0.39, 0.29) is 0 Å². The summed E-state index contributed by atoms with van der Waals surface area (Å²) in [6, 6.07) is 0. The van der Waals surface area contributed by atoms with Crippen LogP contribution in [-0.4, -0.2) is 51.2 Å². The minimum Gasteiger partial charge on any atom is -0.389 e. The molecule has 0 saturated heterocycles. The van der Waals surface area contributed by atoms with Gasteiger partial charge in [-0.05, 0) is 6.42 Å². The molecule has 86 valence electrons.